The van der Waals surface area contributed by atoms with Gasteiger partial charge >= 0.3 is 6.03 Å². The molecule has 12 heteroatoms. The molecule has 4 amide bonds. The Kier molecular flexibility index (Phi) is 4.65. The van der Waals surface area contributed by atoms with Crippen LogP contribution in [-0.2, 0) is 9.59 Å². The normalized spacial score (nSPS) is 25.3. The number of nitrogens with zero attached hydrogens (tertiary/aromatic N) is 6. The first-order valence-corrected chi connectivity index (χ1v) is 11.4. The molecule has 2 saturated heterocycles. The van der Waals surface area contributed by atoms with Gasteiger partial charge in [0, 0.05) is 43.9 Å². The first kappa shape index (κ1) is 20.5. The quantitative estimate of drug-likeness (QED) is 0.425. The molecule has 12 nitrogen and oxygen atoms in total. The second kappa shape index (κ2) is 7.72. The van der Waals surface area contributed by atoms with Crippen molar-refractivity contribution in [3.63, 3.8) is 0 Å². The predicted octanol–water partition coefficient (Wildman–Crippen LogP) is 0.292. The monoisotopic (exact) mass is 461 g/mol. The topological polar surface area (TPSA) is 148 Å². The molecule has 0 aromatic carbocycles. The van der Waals surface area contributed by atoms with E-state index >= 15 is 0 Å². The van der Waals surface area contributed by atoms with Crippen LogP contribution in [0.25, 0.3) is 11.7 Å². The Labute approximate surface area is 194 Å². The van der Waals surface area contributed by atoms with Crippen molar-refractivity contribution in [3.8, 4) is 6.07 Å². The van der Waals surface area contributed by atoms with E-state index < -0.39 is 11.9 Å². The molecule has 6 rings (SSSR count). The molecule has 0 spiro atoms. The fraction of sp³-hybridized carbons (Fsp3) is 0.455. The number of piperazine rings is 1. The maximum atomic E-state index is 12.6. The summed E-state index contributed by atoms with van der Waals surface area (Å²) in [6, 6.07) is 3.98. The molecule has 2 atom stereocenters. The second-order valence-electron chi connectivity index (χ2n) is 9.11. The van der Waals surface area contributed by atoms with Crippen LogP contribution in [0.5, 0.6) is 0 Å². The minimum Gasteiger partial charge on any atom is -0.367 e. The Morgan fingerprint density at radius 2 is 2.00 bits per heavy atom. The van der Waals surface area contributed by atoms with Gasteiger partial charge in [0.2, 0.25) is 5.91 Å². The molecule has 4 aliphatic rings. The number of hydrogen-bond acceptors (Lipinski definition) is 8. The van der Waals surface area contributed by atoms with E-state index in [2.05, 4.69) is 32.0 Å². The third-order valence-corrected chi connectivity index (χ3v) is 6.62. The summed E-state index contributed by atoms with van der Waals surface area (Å²) in [5.41, 5.74) is 1.32. The third-order valence-electron chi connectivity index (χ3n) is 6.62. The third kappa shape index (κ3) is 3.68. The lowest BCUT2D eigenvalue weighted by molar-refractivity contribution is -0.133. The van der Waals surface area contributed by atoms with Gasteiger partial charge in [0.05, 0.1) is 24.1 Å². The lowest BCUT2D eigenvalue weighted by Crippen LogP contribution is -2.49. The largest absolute Gasteiger partial charge is 0.367 e. The van der Waals surface area contributed by atoms with Crippen molar-refractivity contribution in [3.05, 3.63) is 23.5 Å². The smallest absolute Gasteiger partial charge is 0.326 e. The highest BCUT2D eigenvalue weighted by Crippen LogP contribution is 2.39. The number of nitrogens with one attached hydrogen (secondary N) is 3. The van der Waals surface area contributed by atoms with Gasteiger partial charge in [-0.05, 0) is 25.3 Å². The van der Waals surface area contributed by atoms with Crippen molar-refractivity contribution in [2.24, 2.45) is 11.8 Å². The molecule has 0 radical (unpaired) electrons. The lowest BCUT2D eigenvalue weighted by Gasteiger charge is -2.35. The fourth-order valence-electron chi connectivity index (χ4n) is 4.41. The summed E-state index contributed by atoms with van der Waals surface area (Å²) in [4.78, 5) is 44.9. The van der Waals surface area contributed by atoms with Crippen molar-refractivity contribution in [2.75, 3.05) is 36.4 Å². The first-order chi connectivity index (χ1) is 16.5. The number of hydrogen-bond donors (Lipinski definition) is 3. The molecule has 4 fully saturated rings. The Morgan fingerprint density at radius 1 is 1.21 bits per heavy atom. The van der Waals surface area contributed by atoms with Crippen LogP contribution in [0, 0.1) is 23.2 Å². The van der Waals surface area contributed by atoms with Crippen LogP contribution in [0.3, 0.4) is 0 Å². The van der Waals surface area contributed by atoms with Gasteiger partial charge in [0.15, 0.2) is 5.65 Å². The van der Waals surface area contributed by atoms with Gasteiger partial charge in [-0.2, -0.15) is 14.9 Å². The highest BCUT2D eigenvalue weighted by Gasteiger charge is 2.45. The zero-order valence-electron chi connectivity index (χ0n) is 18.3. The SMILES string of the molecule is N#CC1CC1C(=O)N1CCN(c2cc(NC3CC3)n3ncc(/C=C4\NC(=O)NC4=O)c3n2)CC1. The molecule has 34 heavy (non-hydrogen) atoms. The van der Waals surface area contributed by atoms with Gasteiger partial charge in [0.25, 0.3) is 5.91 Å². The average Bonchev–Trinajstić information content (AvgIpc) is 3.75. The molecule has 2 aliphatic heterocycles. The maximum absolute atomic E-state index is 12.6. The van der Waals surface area contributed by atoms with Crippen LogP contribution < -0.4 is 20.9 Å². The minimum atomic E-state index is -0.558. The number of amides is 4. The number of imide groups is 1. The van der Waals surface area contributed by atoms with Crippen molar-refractivity contribution < 1.29 is 14.4 Å². The lowest BCUT2D eigenvalue weighted by atomic mass is 10.2. The summed E-state index contributed by atoms with van der Waals surface area (Å²) in [7, 11) is 0. The van der Waals surface area contributed by atoms with Crippen LogP contribution in [0.15, 0.2) is 18.0 Å². The number of anilines is 2. The standard InChI is InChI=1S/C22H23N9O3/c23-10-12-7-15(12)21(33)30-5-3-29(4-6-30)17-9-18(25-14-1-2-14)31-19(27-17)13(11-24-31)8-16-20(32)28-22(34)26-16/h8-9,11-12,14-15,25H,1-7H2,(H2,26,28,32,34)/b16-8-. The highest BCUT2D eigenvalue weighted by molar-refractivity contribution is 6.14. The molecule has 0 bridgehead atoms. The predicted molar refractivity (Wildman–Crippen MR) is 120 cm³/mol. The summed E-state index contributed by atoms with van der Waals surface area (Å²) >= 11 is 0. The zero-order chi connectivity index (χ0) is 23.4. The van der Waals surface area contributed by atoms with E-state index in [0.29, 0.717) is 49.9 Å². The number of urea groups is 1. The van der Waals surface area contributed by atoms with Gasteiger partial charge in [0.1, 0.15) is 17.3 Å². The molecule has 2 saturated carbocycles. The number of aromatic nitrogens is 3. The molecule has 2 unspecified atom stereocenters. The number of carbonyl (C=O) groups excluding carboxylic acids is 3. The summed E-state index contributed by atoms with van der Waals surface area (Å²) in [6.45, 7) is 2.41. The highest BCUT2D eigenvalue weighted by atomic mass is 16.2. The van der Waals surface area contributed by atoms with Crippen LogP contribution in [0.4, 0.5) is 16.4 Å². The van der Waals surface area contributed by atoms with E-state index in [1.54, 1.807) is 16.8 Å². The molecule has 174 valence electrons. The number of nitriles is 1. The van der Waals surface area contributed by atoms with E-state index in [1.165, 1.54) is 0 Å². The van der Waals surface area contributed by atoms with Gasteiger partial charge in [-0.3, -0.25) is 14.9 Å². The summed E-state index contributed by atoms with van der Waals surface area (Å²) < 4.78 is 1.71. The van der Waals surface area contributed by atoms with Crippen LogP contribution in [0.1, 0.15) is 24.8 Å². The van der Waals surface area contributed by atoms with Crippen molar-refractivity contribution in [2.45, 2.75) is 25.3 Å². The Bertz CT molecular complexity index is 1280. The minimum absolute atomic E-state index is 0.0762. The number of rotatable bonds is 5. The van der Waals surface area contributed by atoms with Crippen LogP contribution >= 0.6 is 0 Å². The number of carbonyl (C=O) groups is 3. The van der Waals surface area contributed by atoms with Crippen LogP contribution in [-0.4, -0.2) is 69.6 Å². The Balaban J connectivity index is 1.27. The van der Waals surface area contributed by atoms with Crippen LogP contribution in [0.2, 0.25) is 0 Å². The summed E-state index contributed by atoms with van der Waals surface area (Å²) in [6.07, 6.45) is 6.04. The molecule has 2 aromatic heterocycles. The van der Waals surface area contributed by atoms with Crippen molar-refractivity contribution in [1.29, 1.82) is 5.26 Å². The second-order valence-corrected chi connectivity index (χ2v) is 9.11. The zero-order valence-corrected chi connectivity index (χ0v) is 18.3. The fourth-order valence-corrected chi connectivity index (χ4v) is 4.41. The van der Waals surface area contributed by atoms with Gasteiger partial charge in [-0.1, -0.05) is 0 Å². The van der Waals surface area contributed by atoms with E-state index in [1.807, 2.05) is 11.0 Å². The molecule has 2 aliphatic carbocycles. The van der Waals surface area contributed by atoms with Crippen molar-refractivity contribution >= 4 is 41.2 Å². The van der Waals surface area contributed by atoms with Gasteiger partial charge < -0.3 is 20.4 Å². The molecular weight excluding hydrogens is 438 g/mol. The molecule has 3 N–H and O–H groups in total. The molecule has 2 aromatic rings. The van der Waals surface area contributed by atoms with E-state index in [9.17, 15) is 14.4 Å². The molecule has 4 heterocycles. The molecular formula is C22H23N9O3. The Morgan fingerprint density at radius 3 is 2.65 bits per heavy atom. The summed E-state index contributed by atoms with van der Waals surface area (Å²) in [5.74, 6) is 0.867. The summed E-state index contributed by atoms with van der Waals surface area (Å²) in [5, 5.41) is 21.6. The van der Waals surface area contributed by atoms with E-state index in [0.717, 1.165) is 24.5 Å². The maximum Gasteiger partial charge on any atom is 0.326 e. The van der Waals surface area contributed by atoms with Crippen molar-refractivity contribution in [1.82, 2.24) is 30.1 Å². The number of fused-ring (bicyclic) bond motifs is 1. The van der Waals surface area contributed by atoms with E-state index in [4.69, 9.17) is 10.2 Å². The average molecular weight is 461 g/mol. The van der Waals surface area contributed by atoms with Gasteiger partial charge in [-0.25, -0.2) is 9.78 Å². The van der Waals surface area contributed by atoms with Gasteiger partial charge in [-0.15, -0.1) is 0 Å². The first-order valence-electron chi connectivity index (χ1n) is 11.4. The van der Waals surface area contributed by atoms with E-state index in [-0.39, 0.29) is 23.4 Å². The Hall–Kier alpha value is -4.14.